The van der Waals surface area contributed by atoms with E-state index in [9.17, 15) is 4.79 Å². The van der Waals surface area contributed by atoms with Gasteiger partial charge in [0.2, 0.25) is 0 Å². The number of hydrogen-bond donors (Lipinski definition) is 1. The highest BCUT2D eigenvalue weighted by molar-refractivity contribution is 5.75. The smallest absolute Gasteiger partial charge is 0.317 e. The topological polar surface area (TPSA) is 32.3 Å². The highest BCUT2D eigenvalue weighted by Gasteiger charge is 2.27. The van der Waals surface area contributed by atoms with Gasteiger partial charge in [-0.1, -0.05) is 19.8 Å². The predicted molar refractivity (Wildman–Crippen MR) is 65.4 cm³/mol. The number of nitrogens with zero attached hydrogens (tertiary/aromatic N) is 1. The van der Waals surface area contributed by atoms with Crippen LogP contribution in [-0.2, 0) is 0 Å². The molecule has 16 heavy (non-hydrogen) atoms. The SMILES string of the molecule is CC[C@@H]1CCCCN1C(=O)NC1CCCC1. The zero-order valence-corrected chi connectivity index (χ0v) is 10.4. The van der Waals surface area contributed by atoms with Crippen LogP contribution in [0.3, 0.4) is 0 Å². The van der Waals surface area contributed by atoms with Crippen molar-refractivity contribution < 1.29 is 4.79 Å². The van der Waals surface area contributed by atoms with Gasteiger partial charge in [-0.15, -0.1) is 0 Å². The second kappa shape index (κ2) is 5.55. The van der Waals surface area contributed by atoms with E-state index in [1.807, 2.05) is 0 Å². The van der Waals surface area contributed by atoms with Crippen LogP contribution in [0.25, 0.3) is 0 Å². The van der Waals surface area contributed by atoms with Crippen molar-refractivity contribution in [3.63, 3.8) is 0 Å². The van der Waals surface area contributed by atoms with E-state index in [0.29, 0.717) is 12.1 Å². The molecule has 2 fully saturated rings. The number of carbonyl (C=O) groups is 1. The first kappa shape index (κ1) is 11.7. The average Bonchev–Trinajstić information content (AvgIpc) is 2.81. The molecule has 0 aromatic heterocycles. The first-order valence-electron chi connectivity index (χ1n) is 6.88. The zero-order valence-electron chi connectivity index (χ0n) is 10.4. The van der Waals surface area contributed by atoms with Crippen molar-refractivity contribution in [2.75, 3.05) is 6.54 Å². The van der Waals surface area contributed by atoms with Crippen LogP contribution in [0.4, 0.5) is 4.79 Å². The van der Waals surface area contributed by atoms with E-state index in [1.54, 1.807) is 0 Å². The van der Waals surface area contributed by atoms with Gasteiger partial charge in [0.25, 0.3) is 0 Å². The van der Waals surface area contributed by atoms with Crippen molar-refractivity contribution in [1.29, 1.82) is 0 Å². The van der Waals surface area contributed by atoms with E-state index in [1.165, 1.54) is 44.9 Å². The van der Waals surface area contributed by atoms with Crippen molar-refractivity contribution >= 4 is 6.03 Å². The number of likely N-dealkylation sites (tertiary alicyclic amines) is 1. The molecule has 0 spiro atoms. The van der Waals surface area contributed by atoms with E-state index in [-0.39, 0.29) is 6.03 Å². The summed E-state index contributed by atoms with van der Waals surface area (Å²) in [6.45, 7) is 3.14. The third kappa shape index (κ3) is 2.69. The predicted octanol–water partition coefficient (Wildman–Crippen LogP) is 2.90. The Hall–Kier alpha value is -0.730. The minimum atomic E-state index is 0.193. The first-order valence-corrected chi connectivity index (χ1v) is 6.88. The van der Waals surface area contributed by atoms with Crippen molar-refractivity contribution in [3.8, 4) is 0 Å². The Kier molecular flexibility index (Phi) is 4.08. The molecule has 1 saturated carbocycles. The summed E-state index contributed by atoms with van der Waals surface area (Å²) in [5.74, 6) is 0. The number of amides is 2. The molecule has 0 bridgehead atoms. The minimum absolute atomic E-state index is 0.193. The van der Waals surface area contributed by atoms with Crippen LogP contribution >= 0.6 is 0 Å². The quantitative estimate of drug-likeness (QED) is 0.768. The summed E-state index contributed by atoms with van der Waals surface area (Å²) in [6, 6.07) is 1.13. The van der Waals surface area contributed by atoms with Crippen LogP contribution in [0, 0.1) is 0 Å². The maximum absolute atomic E-state index is 12.1. The molecular weight excluding hydrogens is 200 g/mol. The summed E-state index contributed by atoms with van der Waals surface area (Å²) >= 11 is 0. The third-order valence-corrected chi connectivity index (χ3v) is 4.04. The van der Waals surface area contributed by atoms with Gasteiger partial charge in [0, 0.05) is 18.6 Å². The number of piperidine rings is 1. The van der Waals surface area contributed by atoms with E-state index in [4.69, 9.17) is 0 Å². The minimum Gasteiger partial charge on any atom is -0.335 e. The molecular formula is C13H24N2O. The molecule has 2 rings (SSSR count). The summed E-state index contributed by atoms with van der Waals surface area (Å²) in [7, 11) is 0. The van der Waals surface area contributed by atoms with Gasteiger partial charge in [0.1, 0.15) is 0 Å². The van der Waals surface area contributed by atoms with E-state index < -0.39 is 0 Å². The monoisotopic (exact) mass is 224 g/mol. The standard InChI is InChI=1S/C13H24N2O/c1-2-12-9-5-6-10-15(12)13(16)14-11-7-3-4-8-11/h11-12H,2-10H2,1H3,(H,14,16)/t12-/m1/s1. The van der Waals surface area contributed by atoms with Crippen molar-refractivity contribution in [3.05, 3.63) is 0 Å². The van der Waals surface area contributed by atoms with E-state index in [2.05, 4.69) is 17.1 Å². The maximum atomic E-state index is 12.1. The van der Waals surface area contributed by atoms with Crippen LogP contribution < -0.4 is 5.32 Å². The molecule has 1 atom stereocenters. The van der Waals surface area contributed by atoms with Gasteiger partial charge >= 0.3 is 6.03 Å². The molecule has 92 valence electrons. The molecule has 1 N–H and O–H groups in total. The van der Waals surface area contributed by atoms with Gasteiger partial charge in [-0.05, 0) is 38.5 Å². The molecule has 0 unspecified atom stereocenters. The van der Waals surface area contributed by atoms with Crippen molar-refractivity contribution in [1.82, 2.24) is 10.2 Å². The van der Waals surface area contributed by atoms with Crippen LogP contribution in [0.1, 0.15) is 58.3 Å². The summed E-state index contributed by atoms with van der Waals surface area (Å²) < 4.78 is 0. The Morgan fingerprint density at radius 3 is 2.56 bits per heavy atom. The second-order valence-corrected chi connectivity index (χ2v) is 5.18. The molecule has 0 radical (unpaired) electrons. The fourth-order valence-corrected chi connectivity index (χ4v) is 3.02. The van der Waals surface area contributed by atoms with Crippen LogP contribution in [0.2, 0.25) is 0 Å². The molecule has 2 aliphatic rings. The summed E-state index contributed by atoms with van der Waals surface area (Å²) in [6.07, 6.45) is 9.66. The van der Waals surface area contributed by atoms with E-state index in [0.717, 1.165) is 13.0 Å². The fraction of sp³-hybridized carbons (Fsp3) is 0.923. The lowest BCUT2D eigenvalue weighted by molar-refractivity contribution is 0.146. The largest absolute Gasteiger partial charge is 0.335 e. The highest BCUT2D eigenvalue weighted by atomic mass is 16.2. The number of hydrogen-bond acceptors (Lipinski definition) is 1. The normalized spacial score (nSPS) is 27.1. The number of carbonyl (C=O) groups excluding carboxylic acids is 1. The Balaban J connectivity index is 1.86. The molecule has 0 aromatic carbocycles. The molecule has 1 heterocycles. The van der Waals surface area contributed by atoms with Crippen LogP contribution in [-0.4, -0.2) is 29.6 Å². The van der Waals surface area contributed by atoms with Crippen LogP contribution in [0.5, 0.6) is 0 Å². The molecule has 3 nitrogen and oxygen atoms in total. The Bertz CT molecular complexity index is 236. The highest BCUT2D eigenvalue weighted by Crippen LogP contribution is 2.21. The lowest BCUT2D eigenvalue weighted by Crippen LogP contribution is -2.50. The van der Waals surface area contributed by atoms with Gasteiger partial charge < -0.3 is 10.2 Å². The molecule has 1 saturated heterocycles. The molecule has 1 aliphatic carbocycles. The number of rotatable bonds is 2. The lowest BCUT2D eigenvalue weighted by atomic mass is 10.0. The Morgan fingerprint density at radius 2 is 1.88 bits per heavy atom. The van der Waals surface area contributed by atoms with Gasteiger partial charge in [0.05, 0.1) is 0 Å². The van der Waals surface area contributed by atoms with Crippen molar-refractivity contribution in [2.45, 2.75) is 70.4 Å². The van der Waals surface area contributed by atoms with Crippen LogP contribution in [0.15, 0.2) is 0 Å². The van der Waals surface area contributed by atoms with Crippen molar-refractivity contribution in [2.24, 2.45) is 0 Å². The Morgan fingerprint density at radius 1 is 1.19 bits per heavy atom. The van der Waals surface area contributed by atoms with Gasteiger partial charge in [-0.2, -0.15) is 0 Å². The van der Waals surface area contributed by atoms with Gasteiger partial charge in [0.15, 0.2) is 0 Å². The average molecular weight is 224 g/mol. The lowest BCUT2D eigenvalue weighted by Gasteiger charge is -2.36. The number of nitrogens with one attached hydrogen (secondary N) is 1. The second-order valence-electron chi connectivity index (χ2n) is 5.18. The third-order valence-electron chi connectivity index (χ3n) is 4.04. The van der Waals surface area contributed by atoms with E-state index >= 15 is 0 Å². The zero-order chi connectivity index (χ0) is 11.4. The fourth-order valence-electron chi connectivity index (χ4n) is 3.02. The first-order chi connectivity index (χ1) is 7.81. The molecule has 0 aromatic rings. The van der Waals surface area contributed by atoms with Gasteiger partial charge in [-0.25, -0.2) is 4.79 Å². The Labute approximate surface area is 98.6 Å². The summed E-state index contributed by atoms with van der Waals surface area (Å²) in [5, 5.41) is 3.20. The maximum Gasteiger partial charge on any atom is 0.317 e. The number of urea groups is 1. The summed E-state index contributed by atoms with van der Waals surface area (Å²) in [5.41, 5.74) is 0. The van der Waals surface area contributed by atoms with Gasteiger partial charge in [-0.3, -0.25) is 0 Å². The molecule has 1 aliphatic heterocycles. The molecule has 2 amide bonds. The summed E-state index contributed by atoms with van der Waals surface area (Å²) in [4.78, 5) is 14.2. The molecule has 3 heteroatoms.